The van der Waals surface area contributed by atoms with E-state index in [1.165, 1.54) is 24.1 Å². The molecule has 0 amide bonds. The minimum atomic E-state index is 0.746. The van der Waals surface area contributed by atoms with E-state index in [0.29, 0.717) is 0 Å². The van der Waals surface area contributed by atoms with E-state index in [-0.39, 0.29) is 0 Å². The fraction of sp³-hybridized carbons (Fsp3) is 0.714. The first kappa shape index (κ1) is 13.1. The van der Waals surface area contributed by atoms with Crippen LogP contribution in [-0.4, -0.2) is 19.6 Å². The van der Waals surface area contributed by atoms with Gasteiger partial charge in [-0.05, 0) is 43.4 Å². The molecule has 0 radical (unpaired) electrons. The minimum Gasteiger partial charge on any atom is -0.315 e. The van der Waals surface area contributed by atoms with Gasteiger partial charge in [-0.2, -0.15) is 0 Å². The second-order valence-corrected chi connectivity index (χ2v) is 6.51. The summed E-state index contributed by atoms with van der Waals surface area (Å²) in [6.07, 6.45) is 3.99. The van der Waals surface area contributed by atoms with E-state index in [1.807, 2.05) is 11.3 Å². The van der Waals surface area contributed by atoms with E-state index in [4.69, 9.17) is 0 Å². The lowest BCUT2D eigenvalue weighted by Gasteiger charge is -2.07. The van der Waals surface area contributed by atoms with Gasteiger partial charge in [-0.25, -0.2) is 0 Å². The zero-order valence-corrected chi connectivity index (χ0v) is 11.8. The summed E-state index contributed by atoms with van der Waals surface area (Å²) in [7, 11) is 0. The number of fused-ring (bicyclic) bond motifs is 1. The Morgan fingerprint density at radius 3 is 2.82 bits per heavy atom. The smallest absolute Gasteiger partial charge is 0.0300 e. The molecule has 0 spiro atoms. The summed E-state index contributed by atoms with van der Waals surface area (Å²) in [4.78, 5) is 3.15. The summed E-state index contributed by atoms with van der Waals surface area (Å²) >= 11 is 2.01. The molecule has 1 heterocycles. The predicted octanol–water partition coefficient (Wildman–Crippen LogP) is 2.57. The van der Waals surface area contributed by atoms with Gasteiger partial charge in [-0.15, -0.1) is 11.3 Å². The van der Waals surface area contributed by atoms with Crippen LogP contribution in [0.3, 0.4) is 0 Å². The van der Waals surface area contributed by atoms with E-state index >= 15 is 0 Å². The Balaban J connectivity index is 1.58. The van der Waals surface area contributed by atoms with Gasteiger partial charge >= 0.3 is 0 Å². The third-order valence-electron chi connectivity index (χ3n) is 3.13. The molecule has 2 nitrogen and oxygen atoms in total. The number of hydrogen-bond donors (Lipinski definition) is 2. The van der Waals surface area contributed by atoms with Crippen molar-refractivity contribution in [3.63, 3.8) is 0 Å². The number of nitrogens with one attached hydrogen (secondary N) is 2. The predicted molar refractivity (Wildman–Crippen MR) is 75.8 cm³/mol. The van der Waals surface area contributed by atoms with E-state index in [1.54, 1.807) is 10.4 Å². The van der Waals surface area contributed by atoms with Crippen molar-refractivity contribution in [2.45, 2.75) is 39.7 Å². The van der Waals surface area contributed by atoms with Crippen LogP contribution in [-0.2, 0) is 19.4 Å². The molecule has 2 N–H and O–H groups in total. The summed E-state index contributed by atoms with van der Waals surface area (Å²) in [5, 5.41) is 6.96. The van der Waals surface area contributed by atoms with Gasteiger partial charge in [-0.1, -0.05) is 13.8 Å². The van der Waals surface area contributed by atoms with Gasteiger partial charge in [0.15, 0.2) is 0 Å². The maximum absolute atomic E-state index is 3.51. The Morgan fingerprint density at radius 1 is 1.24 bits per heavy atom. The summed E-state index contributed by atoms with van der Waals surface area (Å²) in [5.41, 5.74) is 1.62. The van der Waals surface area contributed by atoms with Crippen molar-refractivity contribution >= 4 is 11.3 Å². The van der Waals surface area contributed by atoms with Crippen molar-refractivity contribution in [2.24, 2.45) is 5.92 Å². The van der Waals surface area contributed by atoms with Crippen molar-refractivity contribution in [1.29, 1.82) is 0 Å². The molecule has 0 saturated heterocycles. The monoisotopic (exact) mass is 252 g/mol. The summed E-state index contributed by atoms with van der Waals surface area (Å²) in [5.74, 6) is 0.746. The van der Waals surface area contributed by atoms with Crippen molar-refractivity contribution in [3.8, 4) is 0 Å². The van der Waals surface area contributed by atoms with Crippen molar-refractivity contribution < 1.29 is 0 Å². The SMILES string of the molecule is CC(C)CNCCNCc1cc2c(s1)CCC2. The number of rotatable bonds is 7. The third-order valence-corrected chi connectivity index (χ3v) is 4.37. The van der Waals surface area contributed by atoms with Gasteiger partial charge in [0.05, 0.1) is 0 Å². The van der Waals surface area contributed by atoms with Crippen molar-refractivity contribution in [3.05, 3.63) is 21.4 Å². The van der Waals surface area contributed by atoms with E-state index in [0.717, 1.165) is 32.1 Å². The highest BCUT2D eigenvalue weighted by Gasteiger charge is 2.14. The molecule has 1 aliphatic rings. The molecule has 1 aliphatic carbocycles. The number of aryl methyl sites for hydroxylation is 2. The standard InChI is InChI=1S/C14H24N2S/c1-11(2)9-15-6-7-16-10-13-8-12-4-3-5-14(12)17-13/h8,11,15-16H,3-7,9-10H2,1-2H3. The van der Waals surface area contributed by atoms with Crippen LogP contribution in [0.1, 0.15) is 35.6 Å². The summed E-state index contributed by atoms with van der Waals surface area (Å²) in [6, 6.07) is 2.40. The Bertz CT molecular complexity index is 322. The highest BCUT2D eigenvalue weighted by molar-refractivity contribution is 7.12. The zero-order chi connectivity index (χ0) is 12.1. The molecule has 0 saturated carbocycles. The molecule has 3 heteroatoms. The maximum atomic E-state index is 3.51. The third kappa shape index (κ3) is 4.09. The molecule has 0 atom stereocenters. The largest absolute Gasteiger partial charge is 0.315 e. The molecule has 1 aromatic rings. The fourth-order valence-corrected chi connectivity index (χ4v) is 3.49. The molecular weight excluding hydrogens is 228 g/mol. The van der Waals surface area contributed by atoms with Crippen molar-refractivity contribution in [1.82, 2.24) is 10.6 Å². The highest BCUT2D eigenvalue weighted by Crippen LogP contribution is 2.30. The first-order valence-electron chi connectivity index (χ1n) is 6.77. The lowest BCUT2D eigenvalue weighted by molar-refractivity contribution is 0.536. The van der Waals surface area contributed by atoms with Crippen LogP contribution in [0.4, 0.5) is 0 Å². The van der Waals surface area contributed by atoms with Crippen LogP contribution in [0.15, 0.2) is 6.07 Å². The Kier molecular flexibility index (Phi) is 5.01. The normalized spacial score (nSPS) is 14.5. The maximum Gasteiger partial charge on any atom is 0.0300 e. The lowest BCUT2D eigenvalue weighted by Crippen LogP contribution is -2.29. The molecular formula is C14H24N2S. The lowest BCUT2D eigenvalue weighted by atomic mass is 10.2. The Labute approximate surface area is 109 Å². The van der Waals surface area contributed by atoms with Crippen LogP contribution < -0.4 is 10.6 Å². The minimum absolute atomic E-state index is 0.746. The van der Waals surface area contributed by atoms with Crippen LogP contribution in [0.2, 0.25) is 0 Å². The average Bonchev–Trinajstić information content (AvgIpc) is 2.82. The van der Waals surface area contributed by atoms with Crippen LogP contribution in [0.25, 0.3) is 0 Å². The molecule has 0 unspecified atom stereocenters. The second kappa shape index (κ2) is 6.53. The zero-order valence-electron chi connectivity index (χ0n) is 11.0. The van der Waals surface area contributed by atoms with Gasteiger partial charge in [0.25, 0.3) is 0 Å². The van der Waals surface area contributed by atoms with Gasteiger partial charge in [0, 0.05) is 29.4 Å². The van der Waals surface area contributed by atoms with Gasteiger partial charge in [0.2, 0.25) is 0 Å². The first-order valence-corrected chi connectivity index (χ1v) is 7.59. The molecule has 0 aliphatic heterocycles. The summed E-state index contributed by atoms with van der Waals surface area (Å²) in [6.45, 7) is 8.79. The van der Waals surface area contributed by atoms with Crippen molar-refractivity contribution in [2.75, 3.05) is 19.6 Å². The molecule has 96 valence electrons. The van der Waals surface area contributed by atoms with E-state index in [9.17, 15) is 0 Å². The summed E-state index contributed by atoms with van der Waals surface area (Å²) < 4.78 is 0. The molecule has 1 aromatic heterocycles. The highest BCUT2D eigenvalue weighted by atomic mass is 32.1. The second-order valence-electron chi connectivity index (χ2n) is 5.29. The number of hydrogen-bond acceptors (Lipinski definition) is 3. The quantitative estimate of drug-likeness (QED) is 0.729. The first-order chi connectivity index (χ1) is 8.25. The van der Waals surface area contributed by atoms with Crippen LogP contribution in [0.5, 0.6) is 0 Å². The molecule has 0 aromatic carbocycles. The Hall–Kier alpha value is -0.380. The average molecular weight is 252 g/mol. The fourth-order valence-electron chi connectivity index (χ4n) is 2.26. The van der Waals surface area contributed by atoms with Gasteiger partial charge in [0.1, 0.15) is 0 Å². The molecule has 0 fully saturated rings. The topological polar surface area (TPSA) is 24.1 Å². The van der Waals surface area contributed by atoms with E-state index < -0.39 is 0 Å². The molecule has 0 bridgehead atoms. The molecule has 2 rings (SSSR count). The van der Waals surface area contributed by atoms with Gasteiger partial charge in [-0.3, -0.25) is 0 Å². The Morgan fingerprint density at radius 2 is 2.06 bits per heavy atom. The molecule has 17 heavy (non-hydrogen) atoms. The van der Waals surface area contributed by atoms with E-state index in [2.05, 4.69) is 30.5 Å². The van der Waals surface area contributed by atoms with Crippen LogP contribution >= 0.6 is 11.3 Å². The van der Waals surface area contributed by atoms with Crippen LogP contribution in [0, 0.1) is 5.92 Å². The number of thiophene rings is 1. The van der Waals surface area contributed by atoms with Gasteiger partial charge < -0.3 is 10.6 Å².